The largest absolute Gasteiger partial charge is 0.377 e. The lowest BCUT2D eigenvalue weighted by atomic mass is 10.1. The van der Waals surface area contributed by atoms with Crippen LogP contribution in [-0.2, 0) is 7.05 Å². The number of anilines is 1. The third-order valence-electron chi connectivity index (χ3n) is 3.50. The average Bonchev–Trinajstić information content (AvgIpc) is 2.74. The molecule has 0 bridgehead atoms. The summed E-state index contributed by atoms with van der Waals surface area (Å²) in [5, 5.41) is 5.62. The van der Waals surface area contributed by atoms with Gasteiger partial charge in [-0.25, -0.2) is 4.98 Å². The van der Waals surface area contributed by atoms with Crippen LogP contribution in [0.1, 0.15) is 5.69 Å². The summed E-state index contributed by atoms with van der Waals surface area (Å²) in [6, 6.07) is 12.4. The molecule has 0 N–H and O–H groups in total. The van der Waals surface area contributed by atoms with E-state index in [1.165, 1.54) is 0 Å². The van der Waals surface area contributed by atoms with Crippen molar-refractivity contribution in [3.05, 3.63) is 42.1 Å². The molecule has 0 spiro atoms. The summed E-state index contributed by atoms with van der Waals surface area (Å²) in [6.45, 7) is 2.03. The van der Waals surface area contributed by atoms with Gasteiger partial charge < -0.3 is 4.90 Å². The van der Waals surface area contributed by atoms with Crippen LogP contribution in [-0.4, -0.2) is 28.9 Å². The highest BCUT2D eigenvalue weighted by atomic mass is 15.3. The molecule has 1 aromatic carbocycles. The Morgan fingerprint density at radius 1 is 1.10 bits per heavy atom. The highest BCUT2D eigenvalue weighted by Gasteiger charge is 2.15. The van der Waals surface area contributed by atoms with Crippen molar-refractivity contribution in [1.82, 2.24) is 14.8 Å². The number of hydrogen-bond donors (Lipinski definition) is 0. The summed E-state index contributed by atoms with van der Waals surface area (Å²) < 4.78 is 1.85. The fourth-order valence-corrected chi connectivity index (χ4v) is 2.53. The van der Waals surface area contributed by atoms with E-state index >= 15 is 0 Å². The molecular weight excluding hydrogens is 248 g/mol. The first kappa shape index (κ1) is 12.7. The van der Waals surface area contributed by atoms with Crippen molar-refractivity contribution < 1.29 is 0 Å². The van der Waals surface area contributed by atoms with Crippen LogP contribution in [0.25, 0.3) is 22.3 Å². The van der Waals surface area contributed by atoms with Gasteiger partial charge in [-0.2, -0.15) is 5.10 Å². The van der Waals surface area contributed by atoms with Crippen LogP contribution in [0.5, 0.6) is 0 Å². The van der Waals surface area contributed by atoms with Gasteiger partial charge in [-0.05, 0) is 13.0 Å². The van der Waals surface area contributed by atoms with Crippen LogP contribution in [0, 0.1) is 6.92 Å². The monoisotopic (exact) mass is 266 g/mol. The fourth-order valence-electron chi connectivity index (χ4n) is 2.53. The lowest BCUT2D eigenvalue weighted by Crippen LogP contribution is -2.10. The Morgan fingerprint density at radius 3 is 2.45 bits per heavy atom. The Labute approximate surface area is 118 Å². The van der Waals surface area contributed by atoms with E-state index in [-0.39, 0.29) is 0 Å². The van der Waals surface area contributed by atoms with Crippen LogP contribution < -0.4 is 4.90 Å². The first-order valence-electron chi connectivity index (χ1n) is 6.65. The van der Waals surface area contributed by atoms with E-state index in [1.54, 1.807) is 0 Å². The van der Waals surface area contributed by atoms with Crippen LogP contribution >= 0.6 is 0 Å². The Balaban J connectivity index is 2.34. The predicted octanol–water partition coefficient (Wildman–Crippen LogP) is 3.01. The number of aryl methyl sites for hydroxylation is 2. The highest BCUT2D eigenvalue weighted by molar-refractivity contribution is 5.94. The SMILES string of the molecule is Cc1nn(C)c2nc(-c3ccccc3)cc(N(C)C)c12. The number of benzene rings is 1. The molecule has 20 heavy (non-hydrogen) atoms. The average molecular weight is 266 g/mol. The van der Waals surface area contributed by atoms with E-state index < -0.39 is 0 Å². The summed E-state index contributed by atoms with van der Waals surface area (Å²) in [5.74, 6) is 0. The van der Waals surface area contributed by atoms with Gasteiger partial charge in [0.05, 0.1) is 22.5 Å². The zero-order valence-electron chi connectivity index (χ0n) is 12.3. The van der Waals surface area contributed by atoms with Crippen molar-refractivity contribution in [2.24, 2.45) is 7.05 Å². The maximum Gasteiger partial charge on any atom is 0.160 e. The molecule has 0 aliphatic carbocycles. The van der Waals surface area contributed by atoms with E-state index in [4.69, 9.17) is 4.98 Å². The first-order valence-corrected chi connectivity index (χ1v) is 6.65. The van der Waals surface area contributed by atoms with Crippen LogP contribution in [0.2, 0.25) is 0 Å². The number of nitrogens with zero attached hydrogens (tertiary/aromatic N) is 4. The Kier molecular flexibility index (Phi) is 2.93. The molecule has 3 aromatic rings. The van der Waals surface area contributed by atoms with Crippen molar-refractivity contribution >= 4 is 16.7 Å². The van der Waals surface area contributed by atoms with Crippen molar-refractivity contribution in [2.45, 2.75) is 6.92 Å². The summed E-state index contributed by atoms with van der Waals surface area (Å²) in [6.07, 6.45) is 0. The molecule has 0 amide bonds. The van der Waals surface area contributed by atoms with Crippen LogP contribution in [0.4, 0.5) is 5.69 Å². The molecule has 0 atom stereocenters. The van der Waals surface area contributed by atoms with Gasteiger partial charge in [0.2, 0.25) is 0 Å². The zero-order chi connectivity index (χ0) is 14.3. The van der Waals surface area contributed by atoms with Gasteiger partial charge in [0.1, 0.15) is 0 Å². The maximum atomic E-state index is 4.78. The number of hydrogen-bond acceptors (Lipinski definition) is 3. The molecule has 0 radical (unpaired) electrons. The minimum absolute atomic E-state index is 0.924. The van der Waals surface area contributed by atoms with Gasteiger partial charge in [0.15, 0.2) is 5.65 Å². The summed E-state index contributed by atoms with van der Waals surface area (Å²) in [4.78, 5) is 6.90. The van der Waals surface area contributed by atoms with E-state index in [1.807, 2.05) is 36.9 Å². The number of fused-ring (bicyclic) bond motifs is 1. The summed E-state index contributed by atoms with van der Waals surface area (Å²) in [5.41, 5.74) is 5.19. The molecule has 102 valence electrons. The van der Waals surface area contributed by atoms with Crippen molar-refractivity contribution in [3.63, 3.8) is 0 Å². The minimum Gasteiger partial charge on any atom is -0.377 e. The molecule has 0 saturated carbocycles. The van der Waals surface area contributed by atoms with Crippen molar-refractivity contribution in [3.8, 4) is 11.3 Å². The second kappa shape index (κ2) is 4.63. The molecule has 0 fully saturated rings. The molecule has 2 aromatic heterocycles. The van der Waals surface area contributed by atoms with Gasteiger partial charge in [0, 0.05) is 26.7 Å². The first-order chi connectivity index (χ1) is 9.58. The van der Waals surface area contributed by atoms with Gasteiger partial charge in [0.25, 0.3) is 0 Å². The molecule has 0 aliphatic heterocycles. The topological polar surface area (TPSA) is 34.0 Å². The Morgan fingerprint density at radius 2 is 1.80 bits per heavy atom. The second-order valence-electron chi connectivity index (χ2n) is 5.19. The summed E-state index contributed by atoms with van der Waals surface area (Å²) >= 11 is 0. The maximum absolute atomic E-state index is 4.78. The third-order valence-corrected chi connectivity index (χ3v) is 3.50. The normalized spacial score (nSPS) is 11.0. The van der Waals surface area contributed by atoms with Gasteiger partial charge in [-0.3, -0.25) is 4.68 Å². The molecule has 4 heteroatoms. The fraction of sp³-hybridized carbons (Fsp3) is 0.250. The quantitative estimate of drug-likeness (QED) is 0.715. The molecule has 4 nitrogen and oxygen atoms in total. The highest BCUT2D eigenvalue weighted by Crippen LogP contribution is 2.31. The number of pyridine rings is 1. The Bertz CT molecular complexity index is 757. The lowest BCUT2D eigenvalue weighted by molar-refractivity contribution is 0.774. The smallest absolute Gasteiger partial charge is 0.160 e. The Hall–Kier alpha value is -2.36. The van der Waals surface area contributed by atoms with Gasteiger partial charge >= 0.3 is 0 Å². The van der Waals surface area contributed by atoms with E-state index in [9.17, 15) is 0 Å². The molecule has 3 rings (SSSR count). The standard InChI is InChI=1S/C16H18N4/c1-11-15-14(19(2)3)10-13(12-8-6-5-7-9-12)17-16(15)20(4)18-11/h5-10H,1-4H3. The predicted molar refractivity (Wildman–Crippen MR) is 83.0 cm³/mol. The summed E-state index contributed by atoms with van der Waals surface area (Å²) in [7, 11) is 6.04. The molecule has 0 unspecified atom stereocenters. The van der Waals surface area contributed by atoms with Crippen molar-refractivity contribution in [2.75, 3.05) is 19.0 Å². The van der Waals surface area contributed by atoms with Crippen LogP contribution in [0.15, 0.2) is 36.4 Å². The van der Waals surface area contributed by atoms with E-state index in [2.05, 4.69) is 42.3 Å². The minimum atomic E-state index is 0.924. The number of rotatable bonds is 2. The zero-order valence-corrected chi connectivity index (χ0v) is 12.3. The van der Waals surface area contributed by atoms with Crippen LogP contribution in [0.3, 0.4) is 0 Å². The van der Waals surface area contributed by atoms with Gasteiger partial charge in [-0.15, -0.1) is 0 Å². The molecule has 0 aliphatic rings. The molecular formula is C16H18N4. The number of aromatic nitrogens is 3. The van der Waals surface area contributed by atoms with Gasteiger partial charge in [-0.1, -0.05) is 30.3 Å². The molecule has 2 heterocycles. The molecule has 0 saturated heterocycles. The lowest BCUT2D eigenvalue weighted by Gasteiger charge is -2.15. The third kappa shape index (κ3) is 1.93. The second-order valence-corrected chi connectivity index (χ2v) is 5.19. The van der Waals surface area contributed by atoms with Crippen molar-refractivity contribution in [1.29, 1.82) is 0 Å². The van der Waals surface area contributed by atoms with E-state index in [0.717, 1.165) is 33.7 Å². The van der Waals surface area contributed by atoms with E-state index in [0.29, 0.717) is 0 Å².